The summed E-state index contributed by atoms with van der Waals surface area (Å²) in [5, 5.41) is 0. The summed E-state index contributed by atoms with van der Waals surface area (Å²) < 4.78 is 19.2. The molecule has 3 aromatic rings. The van der Waals surface area contributed by atoms with Gasteiger partial charge in [0.2, 0.25) is 5.88 Å². The van der Waals surface area contributed by atoms with Crippen molar-refractivity contribution in [2.24, 2.45) is 5.92 Å². The maximum Gasteiger partial charge on any atom is 0.255 e. The van der Waals surface area contributed by atoms with E-state index in [-0.39, 0.29) is 17.5 Å². The maximum atomic E-state index is 14.0. The highest BCUT2D eigenvalue weighted by Gasteiger charge is 2.67. The minimum absolute atomic E-state index is 0.0407. The largest absolute Gasteiger partial charge is 0.475 e. The number of amides is 1. The van der Waals surface area contributed by atoms with Crippen molar-refractivity contribution in [1.82, 2.24) is 14.9 Å². The molecule has 164 valence electrons. The van der Waals surface area contributed by atoms with Crippen LogP contribution in [0.1, 0.15) is 42.1 Å². The average Bonchev–Trinajstić information content (AvgIpc) is 2.81. The molecule has 2 aliphatic rings. The van der Waals surface area contributed by atoms with Crippen LogP contribution in [0.15, 0.2) is 61.1 Å². The van der Waals surface area contributed by atoms with Gasteiger partial charge in [-0.25, -0.2) is 9.37 Å². The van der Waals surface area contributed by atoms with Crippen LogP contribution in [0.25, 0.3) is 11.1 Å². The SMILES string of the molecule is CCC1[C@@H]2CCC2(COc2ccc(F)cn2)N1C(=O)c1cc(C)ccc1-c1ccncc1. The zero-order valence-corrected chi connectivity index (χ0v) is 18.3. The van der Waals surface area contributed by atoms with E-state index < -0.39 is 5.82 Å². The maximum absolute atomic E-state index is 14.0. The quantitative estimate of drug-likeness (QED) is 0.548. The Balaban J connectivity index is 1.47. The van der Waals surface area contributed by atoms with Crippen molar-refractivity contribution in [3.05, 3.63) is 78.0 Å². The van der Waals surface area contributed by atoms with Gasteiger partial charge in [-0.1, -0.05) is 24.6 Å². The third-order valence-electron chi connectivity index (χ3n) is 7.06. The van der Waals surface area contributed by atoms with Gasteiger partial charge < -0.3 is 9.64 Å². The molecular weight excluding hydrogens is 405 g/mol. The molecule has 0 bridgehead atoms. The number of aromatic nitrogens is 2. The summed E-state index contributed by atoms with van der Waals surface area (Å²) in [5.41, 5.74) is 3.32. The van der Waals surface area contributed by atoms with Gasteiger partial charge in [0.25, 0.3) is 5.91 Å². The third-order valence-corrected chi connectivity index (χ3v) is 7.06. The van der Waals surface area contributed by atoms with Gasteiger partial charge in [-0.3, -0.25) is 9.78 Å². The number of hydrogen-bond donors (Lipinski definition) is 0. The second-order valence-corrected chi connectivity index (χ2v) is 8.79. The van der Waals surface area contributed by atoms with Crippen LogP contribution in [0.3, 0.4) is 0 Å². The van der Waals surface area contributed by atoms with Crippen LogP contribution in [-0.2, 0) is 0 Å². The number of halogens is 1. The van der Waals surface area contributed by atoms with Crippen molar-refractivity contribution in [2.75, 3.05) is 6.61 Å². The van der Waals surface area contributed by atoms with Crippen molar-refractivity contribution in [2.45, 2.75) is 44.7 Å². The number of likely N-dealkylation sites (tertiary alicyclic amines) is 1. The van der Waals surface area contributed by atoms with Crippen molar-refractivity contribution < 1.29 is 13.9 Å². The standard InChI is InChI=1S/C26H26FN3O2/c1-3-23-22-8-11-26(22,16-32-24-7-5-19(27)15-29-24)30(23)25(31)21-14-17(2)4-6-20(21)18-9-12-28-13-10-18/h4-7,9-10,12-15,22-23H,3,8,11,16H2,1-2H3/t22-,23?,26?/m0/s1. The predicted octanol–water partition coefficient (Wildman–Crippen LogP) is 5.05. The van der Waals surface area contributed by atoms with Crippen LogP contribution < -0.4 is 4.74 Å². The lowest BCUT2D eigenvalue weighted by Gasteiger charge is -2.70. The minimum Gasteiger partial charge on any atom is -0.475 e. The molecule has 32 heavy (non-hydrogen) atoms. The second-order valence-electron chi connectivity index (χ2n) is 8.79. The monoisotopic (exact) mass is 431 g/mol. The van der Waals surface area contributed by atoms with E-state index in [0.717, 1.165) is 42.1 Å². The van der Waals surface area contributed by atoms with Gasteiger partial charge >= 0.3 is 0 Å². The van der Waals surface area contributed by atoms with Crippen LogP contribution in [0.5, 0.6) is 5.88 Å². The van der Waals surface area contributed by atoms with Crippen molar-refractivity contribution in [3.63, 3.8) is 0 Å². The van der Waals surface area contributed by atoms with Gasteiger partial charge in [-0.05, 0) is 61.6 Å². The molecule has 0 N–H and O–H groups in total. The van der Waals surface area contributed by atoms with Gasteiger partial charge in [-0.2, -0.15) is 0 Å². The van der Waals surface area contributed by atoms with Gasteiger partial charge in [0.1, 0.15) is 12.4 Å². The fraction of sp³-hybridized carbons (Fsp3) is 0.346. The van der Waals surface area contributed by atoms with Crippen LogP contribution in [0.4, 0.5) is 4.39 Å². The first-order chi connectivity index (χ1) is 15.5. The summed E-state index contributed by atoms with van der Waals surface area (Å²) in [6, 6.07) is 13.0. The molecule has 3 heterocycles. The fourth-order valence-electron chi connectivity index (χ4n) is 5.39. The molecular formula is C26H26FN3O2. The number of ether oxygens (including phenoxy) is 1. The first-order valence-electron chi connectivity index (χ1n) is 11.1. The van der Waals surface area contributed by atoms with Gasteiger partial charge in [-0.15, -0.1) is 0 Å². The molecule has 2 unspecified atom stereocenters. The summed E-state index contributed by atoms with van der Waals surface area (Å²) in [7, 11) is 0. The van der Waals surface area contributed by atoms with E-state index in [1.807, 2.05) is 42.2 Å². The lowest BCUT2D eigenvalue weighted by molar-refractivity contribution is -0.190. The first kappa shape index (κ1) is 20.6. The Morgan fingerprint density at radius 2 is 2.03 bits per heavy atom. The fourth-order valence-corrected chi connectivity index (χ4v) is 5.39. The van der Waals surface area contributed by atoms with Gasteiger partial charge in [0, 0.05) is 36.0 Å². The highest BCUT2D eigenvalue weighted by molar-refractivity contribution is 6.02. The molecule has 1 saturated carbocycles. The summed E-state index contributed by atoms with van der Waals surface area (Å²) in [5.74, 6) is 0.448. The molecule has 1 amide bonds. The minimum atomic E-state index is -0.397. The normalized spacial score (nSPS) is 23.7. The molecule has 0 spiro atoms. The summed E-state index contributed by atoms with van der Waals surface area (Å²) in [4.78, 5) is 24.2. The number of carbonyl (C=O) groups is 1. The third kappa shape index (κ3) is 3.25. The number of carbonyl (C=O) groups excluding carboxylic acids is 1. The zero-order chi connectivity index (χ0) is 22.3. The summed E-state index contributed by atoms with van der Waals surface area (Å²) in [6.45, 7) is 4.51. The van der Waals surface area contributed by atoms with E-state index in [9.17, 15) is 9.18 Å². The number of hydrogen-bond acceptors (Lipinski definition) is 4. The molecule has 2 fully saturated rings. The van der Waals surface area contributed by atoms with Crippen LogP contribution >= 0.6 is 0 Å². The molecule has 1 saturated heterocycles. The topological polar surface area (TPSA) is 55.3 Å². The van der Waals surface area contributed by atoms with Crippen molar-refractivity contribution in [3.8, 4) is 17.0 Å². The van der Waals surface area contributed by atoms with Crippen LogP contribution in [0.2, 0.25) is 0 Å². The lowest BCUT2D eigenvalue weighted by atomic mass is 9.54. The molecule has 5 nitrogen and oxygen atoms in total. The Bertz CT molecular complexity index is 1140. The number of rotatable bonds is 6. The highest BCUT2D eigenvalue weighted by atomic mass is 19.1. The molecule has 2 aromatic heterocycles. The van der Waals surface area contributed by atoms with E-state index in [2.05, 4.69) is 16.9 Å². The number of benzene rings is 1. The van der Waals surface area contributed by atoms with Crippen molar-refractivity contribution >= 4 is 5.91 Å². The molecule has 6 heteroatoms. The summed E-state index contributed by atoms with van der Waals surface area (Å²) >= 11 is 0. The number of pyridine rings is 2. The molecule has 1 aromatic carbocycles. The number of piperidine rings is 1. The van der Waals surface area contributed by atoms with E-state index in [0.29, 0.717) is 24.0 Å². The number of nitrogens with zero attached hydrogens (tertiary/aromatic N) is 3. The lowest BCUT2D eigenvalue weighted by Crippen LogP contribution is -2.81. The van der Waals surface area contributed by atoms with E-state index in [4.69, 9.17) is 4.74 Å². The van der Waals surface area contributed by atoms with Crippen LogP contribution in [0, 0.1) is 18.7 Å². The summed E-state index contributed by atoms with van der Waals surface area (Å²) in [6.07, 6.45) is 7.54. The Kier molecular flexibility index (Phi) is 5.16. The predicted molar refractivity (Wildman–Crippen MR) is 120 cm³/mol. The van der Waals surface area contributed by atoms with Crippen LogP contribution in [-0.4, -0.2) is 39.0 Å². The molecule has 0 radical (unpaired) electrons. The highest BCUT2D eigenvalue weighted by Crippen LogP contribution is 2.58. The second kappa shape index (κ2) is 8.01. The first-order valence-corrected chi connectivity index (χ1v) is 11.1. The van der Waals surface area contributed by atoms with Gasteiger partial charge in [0.15, 0.2) is 0 Å². The van der Waals surface area contributed by atoms with Crippen molar-refractivity contribution in [1.29, 1.82) is 0 Å². The smallest absolute Gasteiger partial charge is 0.255 e. The zero-order valence-electron chi connectivity index (χ0n) is 18.3. The Labute approximate surface area is 187 Å². The van der Waals surface area contributed by atoms with E-state index in [1.165, 1.54) is 12.1 Å². The molecule has 3 atom stereocenters. The van der Waals surface area contributed by atoms with E-state index >= 15 is 0 Å². The number of fused-ring (bicyclic) bond motifs is 1. The molecule has 1 aliphatic carbocycles. The molecule has 1 aliphatic heterocycles. The Hall–Kier alpha value is -3.28. The average molecular weight is 432 g/mol. The van der Waals surface area contributed by atoms with Gasteiger partial charge in [0.05, 0.1) is 11.7 Å². The number of aryl methyl sites for hydroxylation is 1. The molecule has 5 rings (SSSR count). The Morgan fingerprint density at radius 1 is 1.22 bits per heavy atom. The van der Waals surface area contributed by atoms with E-state index in [1.54, 1.807) is 12.4 Å². The Morgan fingerprint density at radius 3 is 2.69 bits per heavy atom.